The molecule has 206 valence electrons. The first kappa shape index (κ1) is 28.6. The summed E-state index contributed by atoms with van der Waals surface area (Å²) in [7, 11) is 0. The molecule has 0 bridgehead atoms. The molecule has 1 heterocycles. The second-order valence-corrected chi connectivity index (χ2v) is 9.51. The molecule has 0 saturated carbocycles. The fourth-order valence-corrected chi connectivity index (χ4v) is 4.52. The van der Waals surface area contributed by atoms with Gasteiger partial charge in [-0.1, -0.05) is 50.6 Å². The van der Waals surface area contributed by atoms with Crippen molar-refractivity contribution in [3.8, 4) is 0 Å². The van der Waals surface area contributed by atoms with E-state index in [1.165, 1.54) is 24.3 Å². The molecule has 3 aromatic rings. The van der Waals surface area contributed by atoms with Gasteiger partial charge in [0.2, 0.25) is 0 Å². The normalized spacial score (nSPS) is 13.1. The number of nitrogens with one attached hydrogen (secondary N) is 2. The highest BCUT2D eigenvalue weighted by Crippen LogP contribution is 2.31. The minimum atomic E-state index is -0.687. The van der Waals surface area contributed by atoms with Crippen LogP contribution in [0.15, 0.2) is 77.5 Å². The number of hydrogen-bond donors (Lipinski definition) is 2. The first-order chi connectivity index (χ1) is 19.3. The number of aryl methyl sites for hydroxylation is 2. The standard InChI is InChI=1S/C31H30ClN3O5/c1-4-18-40-31(39)22-12-16-24(17-13-22)35-29(37)25(32)27(30(35)38)33-23-14-10-21(11-15-23)28(36)34-26-19(5-2)8-7-9-20(26)6-3/h7-17,33H,4-6,18H2,1-3H3,(H,34,36). The van der Waals surface area contributed by atoms with Gasteiger partial charge < -0.3 is 15.4 Å². The van der Waals surface area contributed by atoms with E-state index < -0.39 is 17.8 Å². The van der Waals surface area contributed by atoms with Crippen LogP contribution in [0.25, 0.3) is 0 Å². The molecule has 0 unspecified atom stereocenters. The predicted octanol–water partition coefficient (Wildman–Crippen LogP) is 6.07. The Morgan fingerprint density at radius 3 is 2.00 bits per heavy atom. The molecule has 3 aromatic carbocycles. The lowest BCUT2D eigenvalue weighted by atomic mass is 10.0. The predicted molar refractivity (Wildman–Crippen MR) is 156 cm³/mol. The Morgan fingerprint density at radius 1 is 0.825 bits per heavy atom. The number of nitrogens with zero attached hydrogens (tertiary/aromatic N) is 1. The second kappa shape index (κ2) is 12.6. The average Bonchev–Trinajstić information content (AvgIpc) is 3.19. The molecule has 0 aromatic heterocycles. The summed E-state index contributed by atoms with van der Waals surface area (Å²) in [6, 6.07) is 18.5. The number of hydrogen-bond acceptors (Lipinski definition) is 6. The Bertz CT molecular complexity index is 1460. The van der Waals surface area contributed by atoms with Gasteiger partial charge in [-0.15, -0.1) is 0 Å². The smallest absolute Gasteiger partial charge is 0.338 e. The zero-order valence-corrected chi connectivity index (χ0v) is 23.3. The molecule has 0 spiro atoms. The highest BCUT2D eigenvalue weighted by molar-refractivity contribution is 6.53. The van der Waals surface area contributed by atoms with E-state index in [4.69, 9.17) is 16.3 Å². The summed E-state index contributed by atoms with van der Waals surface area (Å²) < 4.78 is 5.11. The summed E-state index contributed by atoms with van der Waals surface area (Å²) >= 11 is 6.25. The van der Waals surface area contributed by atoms with E-state index in [9.17, 15) is 19.2 Å². The van der Waals surface area contributed by atoms with E-state index in [1.54, 1.807) is 24.3 Å². The molecule has 0 fully saturated rings. The van der Waals surface area contributed by atoms with Crippen molar-refractivity contribution in [3.05, 3.63) is 99.7 Å². The van der Waals surface area contributed by atoms with Gasteiger partial charge in [0.15, 0.2) is 0 Å². The molecule has 4 rings (SSSR count). The number of imide groups is 1. The van der Waals surface area contributed by atoms with Gasteiger partial charge in [-0.2, -0.15) is 0 Å². The van der Waals surface area contributed by atoms with Crippen molar-refractivity contribution >= 4 is 52.4 Å². The second-order valence-electron chi connectivity index (χ2n) is 9.13. The van der Waals surface area contributed by atoms with Crippen molar-refractivity contribution in [2.24, 2.45) is 0 Å². The van der Waals surface area contributed by atoms with Crippen LogP contribution >= 0.6 is 11.6 Å². The van der Waals surface area contributed by atoms with Gasteiger partial charge in [-0.25, -0.2) is 9.69 Å². The molecule has 0 atom stereocenters. The number of carbonyl (C=O) groups excluding carboxylic acids is 4. The van der Waals surface area contributed by atoms with E-state index >= 15 is 0 Å². The van der Waals surface area contributed by atoms with Crippen LogP contribution < -0.4 is 15.5 Å². The molecule has 1 aliphatic rings. The minimum absolute atomic E-state index is 0.0836. The Kier molecular flexibility index (Phi) is 9.01. The van der Waals surface area contributed by atoms with Crippen molar-refractivity contribution in [2.45, 2.75) is 40.0 Å². The quantitative estimate of drug-likeness (QED) is 0.231. The van der Waals surface area contributed by atoms with Crippen molar-refractivity contribution < 1.29 is 23.9 Å². The highest BCUT2D eigenvalue weighted by atomic mass is 35.5. The molecule has 8 nitrogen and oxygen atoms in total. The van der Waals surface area contributed by atoms with Gasteiger partial charge >= 0.3 is 5.97 Å². The van der Waals surface area contributed by atoms with Crippen molar-refractivity contribution in [2.75, 3.05) is 22.1 Å². The average molecular weight is 560 g/mol. The van der Waals surface area contributed by atoms with E-state index in [2.05, 4.69) is 10.6 Å². The van der Waals surface area contributed by atoms with Gasteiger partial charge in [0.05, 0.1) is 17.9 Å². The van der Waals surface area contributed by atoms with Gasteiger partial charge in [-0.3, -0.25) is 14.4 Å². The van der Waals surface area contributed by atoms with Gasteiger partial charge in [0.25, 0.3) is 17.7 Å². The lowest BCUT2D eigenvalue weighted by molar-refractivity contribution is -0.120. The van der Waals surface area contributed by atoms with Crippen LogP contribution in [0.3, 0.4) is 0 Å². The SMILES string of the molecule is CCCOC(=O)c1ccc(N2C(=O)C(Cl)=C(Nc3ccc(C(=O)Nc4c(CC)cccc4CC)cc3)C2=O)cc1. The summed E-state index contributed by atoms with van der Waals surface area (Å²) in [6.07, 6.45) is 2.28. The first-order valence-electron chi connectivity index (χ1n) is 13.1. The van der Waals surface area contributed by atoms with Crippen LogP contribution in [0.1, 0.15) is 59.0 Å². The Labute approximate surface area is 238 Å². The third-order valence-corrected chi connectivity index (χ3v) is 6.83. The first-order valence-corrected chi connectivity index (χ1v) is 13.5. The van der Waals surface area contributed by atoms with Crippen molar-refractivity contribution in [3.63, 3.8) is 0 Å². The number of benzene rings is 3. The maximum Gasteiger partial charge on any atom is 0.338 e. The van der Waals surface area contributed by atoms with Crippen molar-refractivity contribution in [1.82, 2.24) is 0 Å². The van der Waals surface area contributed by atoms with Crippen LogP contribution in [0.2, 0.25) is 0 Å². The molecule has 1 aliphatic heterocycles. The van der Waals surface area contributed by atoms with Gasteiger partial charge in [-0.05, 0) is 78.9 Å². The maximum atomic E-state index is 13.1. The van der Waals surface area contributed by atoms with Crippen molar-refractivity contribution in [1.29, 1.82) is 0 Å². The molecule has 40 heavy (non-hydrogen) atoms. The van der Waals surface area contributed by atoms with E-state index in [-0.39, 0.29) is 22.3 Å². The fourth-order valence-electron chi connectivity index (χ4n) is 4.31. The summed E-state index contributed by atoms with van der Waals surface area (Å²) in [4.78, 5) is 51.9. The minimum Gasteiger partial charge on any atom is -0.462 e. The fraction of sp³-hybridized carbons (Fsp3) is 0.226. The zero-order chi connectivity index (χ0) is 28.8. The number of carbonyl (C=O) groups is 4. The molecule has 0 saturated heterocycles. The molecular formula is C31H30ClN3O5. The molecule has 9 heteroatoms. The number of amides is 3. The molecule has 0 aliphatic carbocycles. The number of anilines is 3. The van der Waals surface area contributed by atoms with E-state index in [1.807, 2.05) is 39.0 Å². The molecule has 3 amide bonds. The number of ether oxygens (including phenoxy) is 1. The van der Waals surface area contributed by atoms with Gasteiger partial charge in [0, 0.05) is 16.9 Å². The van der Waals surface area contributed by atoms with E-state index in [0.717, 1.165) is 34.6 Å². The Hall–Kier alpha value is -4.43. The van der Waals surface area contributed by atoms with Crippen LogP contribution in [0.4, 0.5) is 17.1 Å². The maximum absolute atomic E-state index is 13.1. The number of para-hydroxylation sites is 1. The van der Waals surface area contributed by atoms with Crippen LogP contribution in [0.5, 0.6) is 0 Å². The summed E-state index contributed by atoms with van der Waals surface area (Å²) in [5, 5.41) is 5.67. The highest BCUT2D eigenvalue weighted by Gasteiger charge is 2.39. The largest absolute Gasteiger partial charge is 0.462 e. The Morgan fingerprint density at radius 2 is 1.43 bits per heavy atom. The lowest BCUT2D eigenvalue weighted by Gasteiger charge is -2.16. The Balaban J connectivity index is 1.46. The summed E-state index contributed by atoms with van der Waals surface area (Å²) in [6.45, 7) is 6.28. The third kappa shape index (κ3) is 5.92. The molecule has 2 N–H and O–H groups in total. The monoisotopic (exact) mass is 559 g/mol. The van der Waals surface area contributed by atoms with Crippen LogP contribution in [-0.2, 0) is 27.2 Å². The number of esters is 1. The van der Waals surface area contributed by atoms with Crippen LogP contribution in [0, 0.1) is 0 Å². The summed E-state index contributed by atoms with van der Waals surface area (Å²) in [5.41, 5.74) is 4.36. The van der Waals surface area contributed by atoms with E-state index in [0.29, 0.717) is 29.8 Å². The number of rotatable bonds is 10. The topological polar surface area (TPSA) is 105 Å². The van der Waals surface area contributed by atoms with Gasteiger partial charge in [0.1, 0.15) is 10.7 Å². The summed E-state index contributed by atoms with van der Waals surface area (Å²) in [5.74, 6) is -2.06. The molecular weight excluding hydrogens is 530 g/mol. The molecule has 0 radical (unpaired) electrons. The zero-order valence-electron chi connectivity index (χ0n) is 22.5. The third-order valence-electron chi connectivity index (χ3n) is 6.48. The lowest BCUT2D eigenvalue weighted by Crippen LogP contribution is -2.32. The number of halogens is 1. The van der Waals surface area contributed by atoms with Crippen LogP contribution in [-0.4, -0.2) is 30.3 Å².